The first-order valence-corrected chi connectivity index (χ1v) is 10.1. The van der Waals surface area contributed by atoms with Crippen molar-refractivity contribution in [2.24, 2.45) is 9.98 Å². The van der Waals surface area contributed by atoms with Gasteiger partial charge in [0.25, 0.3) is 0 Å². The summed E-state index contributed by atoms with van der Waals surface area (Å²) in [6.07, 6.45) is 4.92. The molecule has 1 aliphatic carbocycles. The Morgan fingerprint density at radius 2 is 1.64 bits per heavy atom. The van der Waals surface area contributed by atoms with Crippen LogP contribution in [0.25, 0.3) is 11.1 Å². The first kappa shape index (κ1) is 15.3. The minimum absolute atomic E-state index is 0.905. The molecule has 0 aromatic heterocycles. The number of aliphatic imine (C=N–C) groups is 2. The van der Waals surface area contributed by atoms with Crippen LogP contribution in [0.1, 0.15) is 11.1 Å². The van der Waals surface area contributed by atoms with Gasteiger partial charge >= 0.3 is 0 Å². The molecule has 6 heteroatoms. The number of nitrogens with zero attached hydrogens (tertiary/aromatic N) is 4. The van der Waals surface area contributed by atoms with Crippen LogP contribution in [0.2, 0.25) is 0 Å². The summed E-state index contributed by atoms with van der Waals surface area (Å²) in [5, 5.41) is 0. The molecule has 0 unspecified atom stereocenters. The van der Waals surface area contributed by atoms with Gasteiger partial charge in [-0.05, 0) is 70.8 Å². The highest BCUT2D eigenvalue weighted by Crippen LogP contribution is 2.43. The van der Waals surface area contributed by atoms with Crippen LogP contribution in [0.15, 0.2) is 56.2 Å². The van der Waals surface area contributed by atoms with Crippen LogP contribution in [0.5, 0.6) is 0 Å². The van der Waals surface area contributed by atoms with Crippen LogP contribution in [0.3, 0.4) is 0 Å². The van der Waals surface area contributed by atoms with Crippen molar-refractivity contribution in [1.29, 1.82) is 0 Å². The summed E-state index contributed by atoms with van der Waals surface area (Å²) < 4.78 is 4.43. The van der Waals surface area contributed by atoms with E-state index in [1.807, 2.05) is 24.6 Å². The van der Waals surface area contributed by atoms with Crippen LogP contribution in [0.4, 0.5) is 0 Å². The maximum absolute atomic E-state index is 4.32. The molecule has 2 aliphatic heterocycles. The smallest absolute Gasteiger partial charge is 0.0953 e. The van der Waals surface area contributed by atoms with Crippen LogP contribution in [0, 0.1) is 0 Å². The third-order valence-electron chi connectivity index (χ3n) is 4.63. The van der Waals surface area contributed by atoms with Gasteiger partial charge in [-0.1, -0.05) is 18.2 Å². The van der Waals surface area contributed by atoms with Gasteiger partial charge in [0.05, 0.1) is 38.9 Å². The summed E-state index contributed by atoms with van der Waals surface area (Å²) in [5.74, 6) is 0. The fraction of sp³-hybridized carbons (Fsp3) is 0.263. The molecule has 3 aliphatic rings. The Morgan fingerprint density at radius 1 is 0.840 bits per heavy atom. The van der Waals surface area contributed by atoms with E-state index >= 15 is 0 Å². The SMILES string of the molecule is C1=NCCN1Sc1ccc2c(c1)Cc1c(SN3C=NCC3)cccc1-2. The Morgan fingerprint density at radius 3 is 2.40 bits per heavy atom. The maximum Gasteiger partial charge on any atom is 0.0953 e. The van der Waals surface area contributed by atoms with E-state index in [1.165, 1.54) is 32.0 Å². The van der Waals surface area contributed by atoms with Crippen LogP contribution >= 0.6 is 23.9 Å². The van der Waals surface area contributed by atoms with E-state index in [2.05, 4.69) is 55.0 Å². The zero-order valence-corrected chi connectivity index (χ0v) is 15.4. The molecule has 2 aromatic rings. The van der Waals surface area contributed by atoms with Gasteiger partial charge in [-0.15, -0.1) is 0 Å². The van der Waals surface area contributed by atoms with Crippen LogP contribution < -0.4 is 0 Å². The quantitative estimate of drug-likeness (QED) is 0.654. The largest absolute Gasteiger partial charge is 0.301 e. The van der Waals surface area contributed by atoms with Crippen molar-refractivity contribution in [3.8, 4) is 11.1 Å². The van der Waals surface area contributed by atoms with Crippen molar-refractivity contribution in [3.05, 3.63) is 47.5 Å². The lowest BCUT2D eigenvalue weighted by Crippen LogP contribution is -2.10. The molecule has 2 heterocycles. The lowest BCUT2D eigenvalue weighted by molar-refractivity contribution is 0.747. The molecule has 0 atom stereocenters. The number of hydrogen-bond donors (Lipinski definition) is 0. The topological polar surface area (TPSA) is 31.2 Å². The lowest BCUT2D eigenvalue weighted by atomic mass is 10.1. The molecule has 0 spiro atoms. The molecule has 0 N–H and O–H groups in total. The molecule has 0 fully saturated rings. The molecule has 25 heavy (non-hydrogen) atoms. The number of fused-ring (bicyclic) bond motifs is 3. The van der Waals surface area contributed by atoms with Crippen molar-refractivity contribution in [1.82, 2.24) is 8.61 Å². The van der Waals surface area contributed by atoms with E-state index in [9.17, 15) is 0 Å². The maximum atomic E-state index is 4.32. The Balaban J connectivity index is 1.42. The lowest BCUT2D eigenvalue weighted by Gasteiger charge is -2.14. The molecule has 126 valence electrons. The first-order valence-electron chi connectivity index (χ1n) is 8.51. The van der Waals surface area contributed by atoms with E-state index in [1.54, 1.807) is 11.9 Å². The van der Waals surface area contributed by atoms with E-state index in [0.29, 0.717) is 0 Å². The van der Waals surface area contributed by atoms with Gasteiger partial charge in [-0.25, -0.2) is 0 Å². The number of hydrogen-bond acceptors (Lipinski definition) is 6. The minimum atomic E-state index is 0.905. The molecule has 2 aromatic carbocycles. The van der Waals surface area contributed by atoms with Crippen molar-refractivity contribution in [2.45, 2.75) is 16.2 Å². The molecule has 0 radical (unpaired) electrons. The van der Waals surface area contributed by atoms with E-state index < -0.39 is 0 Å². The predicted molar refractivity (Wildman–Crippen MR) is 107 cm³/mol. The Kier molecular flexibility index (Phi) is 3.94. The zero-order chi connectivity index (χ0) is 16.6. The van der Waals surface area contributed by atoms with Crippen LogP contribution in [-0.2, 0) is 6.42 Å². The second-order valence-corrected chi connectivity index (χ2v) is 8.50. The second kappa shape index (κ2) is 6.42. The van der Waals surface area contributed by atoms with Gasteiger partial charge in [0.1, 0.15) is 0 Å². The summed E-state index contributed by atoms with van der Waals surface area (Å²) in [6, 6.07) is 13.5. The standard InChI is InChI=1S/C19H18N4S2/c1-2-17-16-5-4-15(24-22-8-6-20-12-22)10-14(16)11-18(17)19(3-1)25-23-9-7-21-13-23/h1-5,10,12-13H,6-9,11H2. The fourth-order valence-electron chi connectivity index (χ4n) is 3.44. The van der Waals surface area contributed by atoms with E-state index in [0.717, 1.165) is 32.6 Å². The fourth-order valence-corrected chi connectivity index (χ4v) is 5.29. The molecule has 0 amide bonds. The molecule has 5 rings (SSSR count). The summed E-state index contributed by atoms with van der Waals surface area (Å²) >= 11 is 3.59. The zero-order valence-electron chi connectivity index (χ0n) is 13.8. The monoisotopic (exact) mass is 366 g/mol. The van der Waals surface area contributed by atoms with Gasteiger partial charge in [-0.2, -0.15) is 0 Å². The average molecular weight is 367 g/mol. The Labute approximate surface area is 156 Å². The Hall–Kier alpha value is -1.92. The number of rotatable bonds is 4. The molecule has 0 bridgehead atoms. The molecular weight excluding hydrogens is 348 g/mol. The summed E-state index contributed by atoms with van der Waals surface area (Å²) in [4.78, 5) is 11.2. The average Bonchev–Trinajstić information content (AvgIpc) is 3.36. The summed E-state index contributed by atoms with van der Waals surface area (Å²) in [5.41, 5.74) is 5.65. The normalized spacial score (nSPS) is 17.4. The highest BCUT2D eigenvalue weighted by molar-refractivity contribution is 7.97. The number of benzene rings is 2. The second-order valence-electron chi connectivity index (χ2n) is 6.29. The highest BCUT2D eigenvalue weighted by Gasteiger charge is 2.23. The van der Waals surface area contributed by atoms with Crippen molar-refractivity contribution in [3.63, 3.8) is 0 Å². The molecule has 0 saturated carbocycles. The van der Waals surface area contributed by atoms with Crippen molar-refractivity contribution >= 4 is 36.6 Å². The first-order chi connectivity index (χ1) is 12.4. The molecule has 4 nitrogen and oxygen atoms in total. The van der Waals surface area contributed by atoms with Crippen molar-refractivity contribution in [2.75, 3.05) is 26.2 Å². The summed E-state index contributed by atoms with van der Waals surface area (Å²) in [6.45, 7) is 3.81. The van der Waals surface area contributed by atoms with Gasteiger partial charge in [0.15, 0.2) is 0 Å². The van der Waals surface area contributed by atoms with E-state index in [-0.39, 0.29) is 0 Å². The van der Waals surface area contributed by atoms with Gasteiger partial charge in [-0.3, -0.25) is 9.98 Å². The predicted octanol–water partition coefficient (Wildman–Crippen LogP) is 3.96. The van der Waals surface area contributed by atoms with Gasteiger partial charge < -0.3 is 8.61 Å². The van der Waals surface area contributed by atoms with Crippen LogP contribution in [-0.4, -0.2) is 47.5 Å². The van der Waals surface area contributed by atoms with Gasteiger partial charge in [0.2, 0.25) is 0 Å². The van der Waals surface area contributed by atoms with E-state index in [4.69, 9.17) is 0 Å². The summed E-state index contributed by atoms with van der Waals surface area (Å²) in [7, 11) is 0. The Bertz CT molecular complexity index is 878. The third-order valence-corrected chi connectivity index (χ3v) is 6.69. The van der Waals surface area contributed by atoms with Crippen molar-refractivity contribution < 1.29 is 0 Å². The third kappa shape index (κ3) is 2.93. The molecule has 0 saturated heterocycles. The van der Waals surface area contributed by atoms with Gasteiger partial charge in [0, 0.05) is 9.79 Å². The highest BCUT2D eigenvalue weighted by atomic mass is 32.2. The minimum Gasteiger partial charge on any atom is -0.301 e. The molecular formula is C19H18N4S2.